The lowest BCUT2D eigenvalue weighted by molar-refractivity contribution is 0.114. The van der Waals surface area contributed by atoms with Crippen molar-refractivity contribution in [2.45, 2.75) is 6.42 Å². The number of halogens is 1. The Kier molecular flexibility index (Phi) is 6.73. The van der Waals surface area contributed by atoms with Crippen LogP contribution in [0.25, 0.3) is 6.08 Å². The van der Waals surface area contributed by atoms with Gasteiger partial charge in [-0.1, -0.05) is 40.2 Å². The third-order valence-corrected chi connectivity index (χ3v) is 4.20. The number of aliphatic hydroxyl groups excluding tert-OH is 1. The predicted molar refractivity (Wildman–Crippen MR) is 87.8 cm³/mol. The minimum atomic E-state index is 0.274. The average Bonchev–Trinajstić information content (AvgIpc) is 2.47. The molecule has 0 aromatic heterocycles. The van der Waals surface area contributed by atoms with E-state index in [1.807, 2.05) is 0 Å². The van der Waals surface area contributed by atoms with Crippen molar-refractivity contribution in [2.24, 2.45) is 0 Å². The summed E-state index contributed by atoms with van der Waals surface area (Å²) < 4.78 is 1.12. The number of β-amino-alcohol motifs (C(OH)–C–C–N with tert-alkyl or cyclic N) is 1. The summed E-state index contributed by atoms with van der Waals surface area (Å²) in [6, 6.07) is 8.38. The number of piperazine rings is 1. The Bertz CT molecular complexity index is 411. The van der Waals surface area contributed by atoms with E-state index >= 15 is 0 Å². The molecule has 0 aliphatic carbocycles. The predicted octanol–water partition coefficient (Wildman–Crippen LogP) is 2.46. The highest BCUT2D eigenvalue weighted by Crippen LogP contribution is 2.12. The summed E-state index contributed by atoms with van der Waals surface area (Å²) in [6.45, 7) is 6.61. The van der Waals surface area contributed by atoms with E-state index in [4.69, 9.17) is 5.11 Å². The molecule has 0 atom stereocenters. The molecule has 1 N–H and O–H groups in total. The summed E-state index contributed by atoms with van der Waals surface area (Å²) in [5.41, 5.74) is 1.25. The second kappa shape index (κ2) is 8.57. The van der Waals surface area contributed by atoms with Crippen molar-refractivity contribution in [3.8, 4) is 0 Å². The van der Waals surface area contributed by atoms with Gasteiger partial charge in [0.2, 0.25) is 0 Å². The fourth-order valence-electron chi connectivity index (χ4n) is 2.43. The van der Waals surface area contributed by atoms with Crippen molar-refractivity contribution >= 4 is 22.0 Å². The van der Waals surface area contributed by atoms with Crippen LogP contribution in [0.15, 0.2) is 34.8 Å². The largest absolute Gasteiger partial charge is 0.395 e. The summed E-state index contributed by atoms with van der Waals surface area (Å²) in [4.78, 5) is 4.83. The summed E-state index contributed by atoms with van der Waals surface area (Å²) in [5.74, 6) is 0. The number of aliphatic hydroxyl groups is 1. The van der Waals surface area contributed by atoms with Gasteiger partial charge in [-0.15, -0.1) is 0 Å². The van der Waals surface area contributed by atoms with Crippen LogP contribution < -0.4 is 0 Å². The first-order chi connectivity index (χ1) is 9.78. The maximum atomic E-state index is 8.92. The van der Waals surface area contributed by atoms with Gasteiger partial charge < -0.3 is 10.0 Å². The molecule has 0 saturated carbocycles. The van der Waals surface area contributed by atoms with Gasteiger partial charge in [-0.2, -0.15) is 0 Å². The number of nitrogens with zero attached hydrogens (tertiary/aromatic N) is 2. The molecule has 0 spiro atoms. The maximum Gasteiger partial charge on any atom is 0.0558 e. The Morgan fingerprint density at radius 3 is 2.20 bits per heavy atom. The van der Waals surface area contributed by atoms with Crippen LogP contribution in [0.5, 0.6) is 0 Å². The summed E-state index contributed by atoms with van der Waals surface area (Å²) in [7, 11) is 0. The molecule has 1 aliphatic rings. The van der Waals surface area contributed by atoms with Gasteiger partial charge in [-0.3, -0.25) is 4.90 Å². The summed E-state index contributed by atoms with van der Waals surface area (Å²) in [6.07, 6.45) is 5.54. The number of benzene rings is 1. The zero-order chi connectivity index (χ0) is 14.2. The van der Waals surface area contributed by atoms with E-state index < -0.39 is 0 Å². The SMILES string of the molecule is OCCN1CCN(CC/C=C/c2ccc(Br)cc2)CC1. The van der Waals surface area contributed by atoms with Crippen LogP contribution in [0.1, 0.15) is 12.0 Å². The Hall–Kier alpha value is -0.680. The molecular weight excluding hydrogens is 316 g/mol. The van der Waals surface area contributed by atoms with E-state index in [2.05, 4.69) is 62.1 Å². The van der Waals surface area contributed by atoms with Crippen LogP contribution in [0.2, 0.25) is 0 Å². The minimum absolute atomic E-state index is 0.274. The van der Waals surface area contributed by atoms with Gasteiger partial charge in [0.05, 0.1) is 6.61 Å². The van der Waals surface area contributed by atoms with Gasteiger partial charge >= 0.3 is 0 Å². The smallest absolute Gasteiger partial charge is 0.0558 e. The monoisotopic (exact) mass is 338 g/mol. The molecule has 1 fully saturated rings. The molecule has 2 rings (SSSR count). The Labute approximate surface area is 130 Å². The quantitative estimate of drug-likeness (QED) is 0.863. The highest BCUT2D eigenvalue weighted by Gasteiger charge is 2.14. The molecule has 0 bridgehead atoms. The standard InChI is InChI=1S/C16H23BrN2O/c17-16-6-4-15(5-7-16)3-1-2-8-18-9-11-19(12-10-18)13-14-20/h1,3-7,20H,2,8-14H2/b3-1+. The van der Waals surface area contributed by atoms with Crippen molar-refractivity contribution in [1.29, 1.82) is 0 Å². The van der Waals surface area contributed by atoms with Crippen molar-refractivity contribution in [3.63, 3.8) is 0 Å². The fraction of sp³-hybridized carbons (Fsp3) is 0.500. The third-order valence-electron chi connectivity index (χ3n) is 3.67. The van der Waals surface area contributed by atoms with E-state index in [0.717, 1.165) is 50.2 Å². The van der Waals surface area contributed by atoms with E-state index in [0.29, 0.717) is 0 Å². The van der Waals surface area contributed by atoms with E-state index in [1.165, 1.54) is 5.56 Å². The van der Waals surface area contributed by atoms with E-state index in [-0.39, 0.29) is 6.61 Å². The van der Waals surface area contributed by atoms with E-state index in [1.54, 1.807) is 0 Å². The first-order valence-corrected chi connectivity index (χ1v) is 8.05. The first kappa shape index (κ1) is 15.7. The van der Waals surface area contributed by atoms with Crippen molar-refractivity contribution in [3.05, 3.63) is 40.4 Å². The van der Waals surface area contributed by atoms with Crippen molar-refractivity contribution in [2.75, 3.05) is 45.9 Å². The highest BCUT2D eigenvalue weighted by atomic mass is 79.9. The van der Waals surface area contributed by atoms with E-state index in [9.17, 15) is 0 Å². The van der Waals surface area contributed by atoms with Gasteiger partial charge in [0.25, 0.3) is 0 Å². The molecule has 1 aromatic rings. The molecule has 0 amide bonds. The molecule has 1 saturated heterocycles. The van der Waals surface area contributed by atoms with Gasteiger partial charge in [0.15, 0.2) is 0 Å². The molecule has 110 valence electrons. The van der Waals surface area contributed by atoms with Gasteiger partial charge in [0.1, 0.15) is 0 Å². The lowest BCUT2D eigenvalue weighted by Gasteiger charge is -2.34. The fourth-order valence-corrected chi connectivity index (χ4v) is 2.69. The molecule has 3 nitrogen and oxygen atoms in total. The lowest BCUT2D eigenvalue weighted by atomic mass is 10.2. The second-order valence-corrected chi connectivity index (χ2v) is 6.07. The molecule has 4 heteroatoms. The first-order valence-electron chi connectivity index (χ1n) is 7.25. The molecule has 20 heavy (non-hydrogen) atoms. The Morgan fingerprint density at radius 2 is 1.60 bits per heavy atom. The number of hydrogen-bond acceptors (Lipinski definition) is 3. The molecule has 0 radical (unpaired) electrons. The minimum Gasteiger partial charge on any atom is -0.395 e. The van der Waals surface area contributed by atoms with Crippen LogP contribution in [-0.2, 0) is 0 Å². The van der Waals surface area contributed by atoms with Gasteiger partial charge in [0, 0.05) is 43.7 Å². The Morgan fingerprint density at radius 1 is 1.00 bits per heavy atom. The van der Waals surface area contributed by atoms with Gasteiger partial charge in [-0.25, -0.2) is 0 Å². The summed E-state index contributed by atoms with van der Waals surface area (Å²) >= 11 is 3.44. The molecule has 0 unspecified atom stereocenters. The average molecular weight is 339 g/mol. The summed E-state index contributed by atoms with van der Waals surface area (Å²) in [5, 5.41) is 8.92. The van der Waals surface area contributed by atoms with Crippen molar-refractivity contribution in [1.82, 2.24) is 9.80 Å². The molecule has 1 aromatic carbocycles. The topological polar surface area (TPSA) is 26.7 Å². The highest BCUT2D eigenvalue weighted by molar-refractivity contribution is 9.10. The Balaban J connectivity index is 1.65. The van der Waals surface area contributed by atoms with Crippen LogP contribution in [-0.4, -0.2) is 60.8 Å². The van der Waals surface area contributed by atoms with Gasteiger partial charge in [-0.05, 0) is 24.1 Å². The van der Waals surface area contributed by atoms with Crippen molar-refractivity contribution < 1.29 is 5.11 Å². The van der Waals surface area contributed by atoms with Crippen LogP contribution >= 0.6 is 15.9 Å². The second-order valence-electron chi connectivity index (χ2n) is 5.15. The molecule has 1 heterocycles. The number of hydrogen-bond donors (Lipinski definition) is 1. The lowest BCUT2D eigenvalue weighted by Crippen LogP contribution is -2.47. The van der Waals surface area contributed by atoms with Crippen LogP contribution in [0, 0.1) is 0 Å². The zero-order valence-corrected chi connectivity index (χ0v) is 13.4. The van der Waals surface area contributed by atoms with Crippen LogP contribution in [0.4, 0.5) is 0 Å². The van der Waals surface area contributed by atoms with Crippen LogP contribution in [0.3, 0.4) is 0 Å². The maximum absolute atomic E-state index is 8.92. The third kappa shape index (κ3) is 5.37. The number of rotatable bonds is 6. The normalized spacial score (nSPS) is 17.9. The zero-order valence-electron chi connectivity index (χ0n) is 11.8. The molecular formula is C16H23BrN2O. The molecule has 1 aliphatic heterocycles.